The Morgan fingerprint density at radius 3 is 1.06 bits per heavy atom. The molecule has 0 aromatic rings. The van der Waals surface area contributed by atoms with Gasteiger partial charge in [-0.3, -0.25) is 0 Å². The maximum atomic E-state index is 5.89. The summed E-state index contributed by atoms with van der Waals surface area (Å²) in [5.41, 5.74) is 0. The second kappa shape index (κ2) is 8.24. The third kappa shape index (κ3) is 9.77. The first-order valence-electron chi connectivity index (χ1n) is 6.67. The average Bonchev–Trinajstić information content (AvgIpc) is 2.21. The van der Waals surface area contributed by atoms with Gasteiger partial charge in [0.2, 0.25) is 0 Å². The quantitative estimate of drug-likeness (QED) is 0.595. The van der Waals surface area contributed by atoms with Crippen molar-refractivity contribution in [1.82, 2.24) is 0 Å². The van der Waals surface area contributed by atoms with Crippen LogP contribution < -0.4 is 0 Å². The van der Waals surface area contributed by atoms with Crippen molar-refractivity contribution in [2.24, 2.45) is 17.8 Å². The summed E-state index contributed by atoms with van der Waals surface area (Å²) in [5, 5.41) is 0. The summed E-state index contributed by atoms with van der Waals surface area (Å²) in [5.74, 6) is 1.52. The first kappa shape index (κ1) is 17.1. The van der Waals surface area contributed by atoms with Gasteiger partial charge in [-0.05, 0) is 17.8 Å². The molecule has 0 fully saturated rings. The molecule has 0 saturated heterocycles. The minimum absolute atomic E-state index is 0.507. The maximum Gasteiger partial charge on any atom is 0.497 e. The molecule has 104 valence electrons. The smallest absolute Gasteiger partial charge is 0.373 e. The zero-order chi connectivity index (χ0) is 13.5. The van der Waals surface area contributed by atoms with E-state index in [9.17, 15) is 0 Å². The van der Waals surface area contributed by atoms with Crippen molar-refractivity contribution >= 4 is 8.80 Å². The van der Waals surface area contributed by atoms with E-state index in [1.807, 2.05) is 6.55 Å². The summed E-state index contributed by atoms with van der Waals surface area (Å²) >= 11 is 0. The van der Waals surface area contributed by atoms with Gasteiger partial charge in [0.25, 0.3) is 0 Å². The Bertz CT molecular complexity index is 162. The van der Waals surface area contributed by atoms with Crippen LogP contribution in [0.3, 0.4) is 0 Å². The number of hydrogen-bond donors (Lipinski definition) is 0. The standard InChI is InChI=1S/C13H30O3Si/c1-11(2)8-14-17(7,15-9-12(3)4)16-10-13(5)6/h11-13H,8-10H2,1-7H3. The summed E-state index contributed by atoms with van der Waals surface area (Å²) in [4.78, 5) is 0. The highest BCUT2D eigenvalue weighted by Crippen LogP contribution is 2.14. The zero-order valence-corrected chi connectivity index (χ0v) is 13.6. The summed E-state index contributed by atoms with van der Waals surface area (Å²) < 4.78 is 17.7. The van der Waals surface area contributed by atoms with Gasteiger partial charge in [-0.15, -0.1) is 0 Å². The van der Waals surface area contributed by atoms with E-state index in [4.69, 9.17) is 13.3 Å². The minimum Gasteiger partial charge on any atom is -0.373 e. The van der Waals surface area contributed by atoms with E-state index in [2.05, 4.69) is 41.5 Å². The van der Waals surface area contributed by atoms with E-state index in [-0.39, 0.29) is 0 Å². The van der Waals surface area contributed by atoms with Gasteiger partial charge >= 0.3 is 8.80 Å². The summed E-state index contributed by atoms with van der Waals surface area (Å²) in [6, 6.07) is 0. The van der Waals surface area contributed by atoms with Gasteiger partial charge < -0.3 is 13.3 Å². The molecular formula is C13H30O3Si. The van der Waals surface area contributed by atoms with Crippen molar-refractivity contribution < 1.29 is 13.3 Å². The molecule has 0 atom stereocenters. The number of rotatable bonds is 9. The van der Waals surface area contributed by atoms with Crippen molar-refractivity contribution in [2.75, 3.05) is 19.8 Å². The van der Waals surface area contributed by atoms with Gasteiger partial charge in [0.1, 0.15) is 0 Å². The molecule has 0 aromatic carbocycles. The summed E-state index contributed by atoms with van der Waals surface area (Å²) in [7, 11) is -2.44. The molecular weight excluding hydrogens is 232 g/mol. The molecule has 0 N–H and O–H groups in total. The SMILES string of the molecule is CC(C)CO[Si](C)(OCC(C)C)OCC(C)C. The first-order valence-corrected chi connectivity index (χ1v) is 8.89. The lowest BCUT2D eigenvalue weighted by atomic mass is 10.2. The molecule has 0 heterocycles. The fourth-order valence-corrected chi connectivity index (χ4v) is 3.24. The van der Waals surface area contributed by atoms with Crippen LogP contribution in [0.1, 0.15) is 41.5 Å². The Morgan fingerprint density at radius 1 is 0.647 bits per heavy atom. The lowest BCUT2D eigenvalue weighted by Gasteiger charge is -2.28. The van der Waals surface area contributed by atoms with E-state index >= 15 is 0 Å². The van der Waals surface area contributed by atoms with Crippen LogP contribution in [0.15, 0.2) is 0 Å². The largest absolute Gasteiger partial charge is 0.497 e. The third-order valence-corrected chi connectivity index (χ3v) is 4.11. The van der Waals surface area contributed by atoms with Gasteiger partial charge in [0.05, 0.1) is 0 Å². The molecule has 0 unspecified atom stereocenters. The van der Waals surface area contributed by atoms with Crippen LogP contribution in [-0.4, -0.2) is 28.6 Å². The Balaban J connectivity index is 4.23. The fraction of sp³-hybridized carbons (Fsp3) is 1.00. The van der Waals surface area contributed by atoms with Gasteiger partial charge in [0.15, 0.2) is 0 Å². The first-order chi connectivity index (χ1) is 7.75. The molecule has 0 saturated carbocycles. The molecule has 0 aliphatic heterocycles. The van der Waals surface area contributed by atoms with E-state index in [0.717, 1.165) is 0 Å². The van der Waals surface area contributed by atoms with Crippen LogP contribution in [0.5, 0.6) is 0 Å². The Morgan fingerprint density at radius 2 is 0.882 bits per heavy atom. The maximum absolute atomic E-state index is 5.89. The van der Waals surface area contributed by atoms with Crippen molar-refractivity contribution in [3.05, 3.63) is 0 Å². The van der Waals surface area contributed by atoms with E-state index in [1.165, 1.54) is 0 Å². The molecule has 0 amide bonds. The van der Waals surface area contributed by atoms with E-state index < -0.39 is 8.80 Å². The van der Waals surface area contributed by atoms with Crippen molar-refractivity contribution in [1.29, 1.82) is 0 Å². The zero-order valence-electron chi connectivity index (χ0n) is 12.6. The highest BCUT2D eigenvalue weighted by atomic mass is 28.4. The van der Waals surface area contributed by atoms with Crippen molar-refractivity contribution in [3.63, 3.8) is 0 Å². The topological polar surface area (TPSA) is 27.7 Å². The van der Waals surface area contributed by atoms with Crippen molar-refractivity contribution in [2.45, 2.75) is 48.1 Å². The molecule has 0 bridgehead atoms. The fourth-order valence-electron chi connectivity index (χ4n) is 1.08. The van der Waals surface area contributed by atoms with Crippen LogP contribution in [-0.2, 0) is 13.3 Å². The monoisotopic (exact) mass is 262 g/mol. The molecule has 0 aliphatic rings. The molecule has 0 spiro atoms. The van der Waals surface area contributed by atoms with Gasteiger partial charge in [-0.25, -0.2) is 0 Å². The molecule has 0 aromatic heterocycles. The predicted octanol–water partition coefficient (Wildman–Crippen LogP) is 3.57. The molecule has 3 nitrogen and oxygen atoms in total. The number of hydrogen-bond acceptors (Lipinski definition) is 3. The second-order valence-electron chi connectivity index (χ2n) is 5.98. The van der Waals surface area contributed by atoms with Crippen molar-refractivity contribution in [3.8, 4) is 0 Å². The van der Waals surface area contributed by atoms with Gasteiger partial charge in [-0.2, -0.15) is 0 Å². The summed E-state index contributed by atoms with van der Waals surface area (Å²) in [6.45, 7) is 17.0. The van der Waals surface area contributed by atoms with Crippen LogP contribution in [0.25, 0.3) is 0 Å². The molecule has 17 heavy (non-hydrogen) atoms. The Kier molecular flexibility index (Phi) is 8.29. The molecule has 0 radical (unpaired) electrons. The lowest BCUT2D eigenvalue weighted by molar-refractivity contribution is 0.0427. The average molecular weight is 262 g/mol. The van der Waals surface area contributed by atoms with Crippen LogP contribution in [0.4, 0.5) is 0 Å². The molecule has 0 rings (SSSR count). The molecule has 4 heteroatoms. The summed E-state index contributed by atoms with van der Waals surface area (Å²) in [6.07, 6.45) is 0. The van der Waals surface area contributed by atoms with Crippen LogP contribution in [0.2, 0.25) is 6.55 Å². The predicted molar refractivity (Wildman–Crippen MR) is 74.0 cm³/mol. The van der Waals surface area contributed by atoms with Crippen LogP contribution in [0, 0.1) is 17.8 Å². The van der Waals surface area contributed by atoms with E-state index in [0.29, 0.717) is 37.6 Å². The van der Waals surface area contributed by atoms with E-state index in [1.54, 1.807) is 0 Å². The minimum atomic E-state index is -2.44. The molecule has 0 aliphatic carbocycles. The third-order valence-electron chi connectivity index (χ3n) is 2.04. The Labute approximate surface area is 108 Å². The van der Waals surface area contributed by atoms with Gasteiger partial charge in [0, 0.05) is 26.4 Å². The Hall–Kier alpha value is 0.0969. The van der Waals surface area contributed by atoms with Gasteiger partial charge in [-0.1, -0.05) is 41.5 Å². The highest BCUT2D eigenvalue weighted by Gasteiger charge is 2.35. The lowest BCUT2D eigenvalue weighted by Crippen LogP contribution is -2.45. The normalized spacial score (nSPS) is 13.1. The van der Waals surface area contributed by atoms with Crippen LogP contribution >= 0.6 is 0 Å². The highest BCUT2D eigenvalue weighted by molar-refractivity contribution is 6.59. The second-order valence-corrected chi connectivity index (χ2v) is 8.57.